The van der Waals surface area contributed by atoms with Crippen LogP contribution in [0.1, 0.15) is 16.1 Å². The first-order valence-corrected chi connectivity index (χ1v) is 8.38. The Morgan fingerprint density at radius 2 is 1.52 bits per heavy atom. The van der Waals surface area contributed by atoms with E-state index in [1.165, 1.54) is 6.26 Å². The average molecular weight is 360 g/mol. The number of ether oxygens (including phenoxy) is 1. The normalized spacial score (nSPS) is 12.4. The lowest BCUT2D eigenvalue weighted by molar-refractivity contribution is -0.113. The van der Waals surface area contributed by atoms with E-state index in [2.05, 4.69) is 10.6 Å². The Labute approximate surface area is 155 Å². The molecule has 2 N–H and O–H groups in total. The van der Waals surface area contributed by atoms with E-state index in [-0.39, 0.29) is 24.2 Å². The number of furan rings is 1. The summed E-state index contributed by atoms with van der Waals surface area (Å²) in [6.45, 7) is 0.222. The third-order valence-corrected chi connectivity index (χ3v) is 4.07. The Bertz CT molecular complexity index is 1000. The summed E-state index contributed by atoms with van der Waals surface area (Å²) in [6, 6.07) is 17.6. The van der Waals surface area contributed by atoms with E-state index >= 15 is 0 Å². The van der Waals surface area contributed by atoms with Crippen LogP contribution < -0.4 is 15.4 Å². The van der Waals surface area contributed by atoms with Gasteiger partial charge >= 0.3 is 0 Å². The second-order valence-corrected chi connectivity index (χ2v) is 5.96. The molecular formula is C21H16N2O4. The fourth-order valence-corrected chi connectivity index (χ4v) is 2.70. The smallest absolute Gasteiger partial charge is 0.291 e. The zero-order valence-corrected chi connectivity index (χ0v) is 14.3. The van der Waals surface area contributed by atoms with Crippen molar-refractivity contribution < 1.29 is 18.7 Å². The maximum atomic E-state index is 12.5. The fourth-order valence-electron chi connectivity index (χ4n) is 2.70. The van der Waals surface area contributed by atoms with Crippen molar-refractivity contribution in [2.45, 2.75) is 0 Å². The number of fused-ring (bicyclic) bond motifs is 1. The van der Waals surface area contributed by atoms with Gasteiger partial charge in [0.15, 0.2) is 5.76 Å². The molecule has 1 aliphatic heterocycles. The quantitative estimate of drug-likeness (QED) is 0.738. The molecule has 0 aliphatic carbocycles. The topological polar surface area (TPSA) is 80.6 Å². The predicted octanol–water partition coefficient (Wildman–Crippen LogP) is 3.95. The van der Waals surface area contributed by atoms with E-state index in [1.54, 1.807) is 36.4 Å². The summed E-state index contributed by atoms with van der Waals surface area (Å²) in [7, 11) is 0. The number of nitrogens with one attached hydrogen (secondary N) is 2. The monoisotopic (exact) mass is 360 g/mol. The molecule has 0 radical (unpaired) electrons. The number of hydrogen-bond donors (Lipinski definition) is 2. The lowest BCUT2D eigenvalue weighted by atomic mass is 10.1. The van der Waals surface area contributed by atoms with Crippen molar-refractivity contribution in [3.8, 4) is 5.75 Å². The number of benzene rings is 2. The molecule has 2 amide bonds. The van der Waals surface area contributed by atoms with Gasteiger partial charge in [0.05, 0.1) is 11.8 Å². The van der Waals surface area contributed by atoms with E-state index in [9.17, 15) is 9.59 Å². The van der Waals surface area contributed by atoms with E-state index < -0.39 is 0 Å². The van der Waals surface area contributed by atoms with Gasteiger partial charge in [0.2, 0.25) is 0 Å². The van der Waals surface area contributed by atoms with Crippen LogP contribution in [0.5, 0.6) is 5.75 Å². The standard InChI is InChI=1S/C21H16N2O4/c24-20(15-12-14-4-1-2-5-18(14)27-13-15)22-16-7-9-17(10-8-16)23-21(25)19-6-3-11-26-19/h1-12H,13H2,(H,22,24)(H,23,25). The van der Waals surface area contributed by atoms with Crippen LogP contribution in [0.2, 0.25) is 0 Å². The molecule has 1 aliphatic rings. The highest BCUT2D eigenvalue weighted by molar-refractivity contribution is 6.07. The first-order valence-electron chi connectivity index (χ1n) is 8.38. The molecule has 6 heteroatoms. The van der Waals surface area contributed by atoms with E-state index in [1.807, 2.05) is 30.3 Å². The molecule has 2 aromatic carbocycles. The minimum Gasteiger partial charge on any atom is -0.488 e. The van der Waals surface area contributed by atoms with Gasteiger partial charge in [-0.1, -0.05) is 18.2 Å². The van der Waals surface area contributed by atoms with Crippen molar-refractivity contribution in [2.24, 2.45) is 0 Å². The second-order valence-electron chi connectivity index (χ2n) is 5.96. The zero-order chi connectivity index (χ0) is 18.6. The van der Waals surface area contributed by atoms with Crippen LogP contribution >= 0.6 is 0 Å². The van der Waals surface area contributed by atoms with Crippen LogP contribution in [0.15, 0.2) is 76.9 Å². The fraction of sp³-hybridized carbons (Fsp3) is 0.0476. The molecule has 0 saturated carbocycles. The lowest BCUT2D eigenvalue weighted by Gasteiger charge is -2.17. The predicted molar refractivity (Wildman–Crippen MR) is 102 cm³/mol. The summed E-state index contributed by atoms with van der Waals surface area (Å²) >= 11 is 0. The van der Waals surface area contributed by atoms with Crippen LogP contribution in [-0.4, -0.2) is 18.4 Å². The Morgan fingerprint density at radius 3 is 2.22 bits per heavy atom. The lowest BCUT2D eigenvalue weighted by Crippen LogP contribution is -2.21. The summed E-state index contributed by atoms with van der Waals surface area (Å²) < 4.78 is 10.7. The van der Waals surface area contributed by atoms with Crippen LogP contribution in [0.4, 0.5) is 11.4 Å². The van der Waals surface area contributed by atoms with E-state index in [0.717, 1.165) is 11.3 Å². The maximum absolute atomic E-state index is 12.5. The highest BCUT2D eigenvalue weighted by Crippen LogP contribution is 2.26. The molecule has 0 bridgehead atoms. The number of carbonyl (C=O) groups is 2. The van der Waals surface area contributed by atoms with Gasteiger partial charge in [0, 0.05) is 16.9 Å². The van der Waals surface area contributed by atoms with Crippen LogP contribution in [0, 0.1) is 0 Å². The average Bonchev–Trinajstić information content (AvgIpc) is 3.24. The molecule has 1 aromatic heterocycles. The van der Waals surface area contributed by atoms with Crippen molar-refractivity contribution in [3.05, 3.63) is 83.8 Å². The van der Waals surface area contributed by atoms with Gasteiger partial charge in [-0.05, 0) is 48.5 Å². The summed E-state index contributed by atoms with van der Waals surface area (Å²) in [4.78, 5) is 24.4. The van der Waals surface area contributed by atoms with Crippen LogP contribution in [-0.2, 0) is 4.79 Å². The van der Waals surface area contributed by atoms with Gasteiger partial charge in [0.25, 0.3) is 11.8 Å². The third-order valence-electron chi connectivity index (χ3n) is 4.07. The molecule has 27 heavy (non-hydrogen) atoms. The number of hydrogen-bond acceptors (Lipinski definition) is 4. The molecule has 0 unspecified atom stereocenters. The number of rotatable bonds is 4. The molecule has 0 saturated heterocycles. The minimum absolute atomic E-state index is 0.222. The SMILES string of the molecule is O=C(Nc1ccc(NC(=O)c2ccco2)cc1)C1=Cc2ccccc2OC1. The van der Waals surface area contributed by atoms with Gasteiger partial charge in [0.1, 0.15) is 12.4 Å². The van der Waals surface area contributed by atoms with E-state index in [4.69, 9.17) is 9.15 Å². The summed E-state index contributed by atoms with van der Waals surface area (Å²) in [6.07, 6.45) is 3.27. The molecule has 3 aromatic rings. The summed E-state index contributed by atoms with van der Waals surface area (Å²) in [5.41, 5.74) is 2.65. The Balaban J connectivity index is 1.41. The number of carbonyl (C=O) groups excluding carboxylic acids is 2. The molecule has 0 spiro atoms. The van der Waals surface area contributed by atoms with Crippen molar-refractivity contribution in [1.82, 2.24) is 0 Å². The largest absolute Gasteiger partial charge is 0.488 e. The molecule has 0 atom stereocenters. The second kappa shape index (κ2) is 7.21. The highest BCUT2D eigenvalue weighted by atomic mass is 16.5. The minimum atomic E-state index is -0.333. The van der Waals surface area contributed by atoms with Crippen molar-refractivity contribution >= 4 is 29.3 Å². The molecular weight excluding hydrogens is 344 g/mol. The van der Waals surface area contributed by atoms with Gasteiger partial charge in [-0.25, -0.2) is 0 Å². The molecule has 6 nitrogen and oxygen atoms in total. The van der Waals surface area contributed by atoms with Crippen molar-refractivity contribution in [1.29, 1.82) is 0 Å². The maximum Gasteiger partial charge on any atom is 0.291 e. The number of anilines is 2. The van der Waals surface area contributed by atoms with Gasteiger partial charge in [-0.15, -0.1) is 0 Å². The Morgan fingerprint density at radius 1 is 0.815 bits per heavy atom. The van der Waals surface area contributed by atoms with Crippen molar-refractivity contribution in [2.75, 3.05) is 17.2 Å². The first kappa shape index (κ1) is 16.7. The Kier molecular flexibility index (Phi) is 4.45. The Hall–Kier alpha value is -3.80. The highest BCUT2D eigenvalue weighted by Gasteiger charge is 2.17. The molecule has 0 fully saturated rings. The number of para-hydroxylation sites is 1. The van der Waals surface area contributed by atoms with Crippen LogP contribution in [0.3, 0.4) is 0 Å². The zero-order valence-electron chi connectivity index (χ0n) is 14.3. The first-order chi connectivity index (χ1) is 13.2. The van der Waals surface area contributed by atoms with Gasteiger partial charge < -0.3 is 19.8 Å². The van der Waals surface area contributed by atoms with Gasteiger partial charge in [-0.2, -0.15) is 0 Å². The van der Waals surface area contributed by atoms with Crippen molar-refractivity contribution in [3.63, 3.8) is 0 Å². The summed E-state index contributed by atoms with van der Waals surface area (Å²) in [5, 5.41) is 5.55. The summed E-state index contributed by atoms with van der Waals surface area (Å²) in [5.74, 6) is 0.444. The molecule has 134 valence electrons. The third kappa shape index (κ3) is 3.74. The molecule has 2 heterocycles. The van der Waals surface area contributed by atoms with Gasteiger partial charge in [-0.3, -0.25) is 9.59 Å². The number of amides is 2. The molecule has 4 rings (SSSR count). The van der Waals surface area contributed by atoms with Crippen LogP contribution in [0.25, 0.3) is 6.08 Å². The van der Waals surface area contributed by atoms with E-state index in [0.29, 0.717) is 16.9 Å².